The predicted molar refractivity (Wildman–Crippen MR) is 81.7 cm³/mol. The van der Waals surface area contributed by atoms with Crippen molar-refractivity contribution in [2.75, 3.05) is 18.5 Å². The fraction of sp³-hybridized carbons (Fsp3) is 0.467. The Bertz CT molecular complexity index is 616. The van der Waals surface area contributed by atoms with Gasteiger partial charge in [0.1, 0.15) is 6.42 Å². The summed E-state index contributed by atoms with van der Waals surface area (Å²) in [6.07, 6.45) is -3.36. The minimum atomic E-state index is -4.55. The molecule has 1 fully saturated rings. The summed E-state index contributed by atoms with van der Waals surface area (Å²) < 4.78 is 43.3. The summed E-state index contributed by atoms with van der Waals surface area (Å²) in [6, 6.07) is 2.58. The molecule has 0 saturated carbocycles. The van der Waals surface area contributed by atoms with Crippen LogP contribution in [0.2, 0.25) is 5.02 Å². The van der Waals surface area contributed by atoms with Crippen LogP contribution in [-0.4, -0.2) is 31.1 Å². The topological polar surface area (TPSA) is 67.4 Å². The quantitative estimate of drug-likeness (QED) is 0.789. The number of amides is 2. The van der Waals surface area contributed by atoms with Crippen LogP contribution in [0.3, 0.4) is 0 Å². The summed E-state index contributed by atoms with van der Waals surface area (Å²) in [5, 5.41) is 4.73. The molecule has 0 radical (unpaired) electrons. The van der Waals surface area contributed by atoms with Gasteiger partial charge in [-0.1, -0.05) is 11.6 Å². The summed E-state index contributed by atoms with van der Waals surface area (Å²) >= 11 is 5.78. The Balaban J connectivity index is 1.88. The maximum absolute atomic E-state index is 12.7. The number of benzene rings is 1. The molecule has 1 aliphatic rings. The van der Waals surface area contributed by atoms with E-state index in [9.17, 15) is 22.8 Å². The van der Waals surface area contributed by atoms with Crippen molar-refractivity contribution in [1.82, 2.24) is 5.32 Å². The van der Waals surface area contributed by atoms with E-state index in [2.05, 4.69) is 10.6 Å². The lowest BCUT2D eigenvalue weighted by molar-refractivity contribution is -0.137. The van der Waals surface area contributed by atoms with Gasteiger partial charge in [-0.25, -0.2) is 0 Å². The van der Waals surface area contributed by atoms with Crippen LogP contribution >= 0.6 is 11.6 Å². The Morgan fingerprint density at radius 3 is 2.67 bits per heavy atom. The lowest BCUT2D eigenvalue weighted by Crippen LogP contribution is -2.34. The molecule has 5 nitrogen and oxygen atoms in total. The van der Waals surface area contributed by atoms with Crippen LogP contribution < -0.4 is 10.6 Å². The van der Waals surface area contributed by atoms with Crippen molar-refractivity contribution in [2.24, 2.45) is 0 Å². The highest BCUT2D eigenvalue weighted by Gasteiger charge is 2.31. The first kappa shape index (κ1) is 18.5. The Morgan fingerprint density at radius 2 is 2.04 bits per heavy atom. The maximum Gasteiger partial charge on any atom is 0.416 e. The fourth-order valence-corrected chi connectivity index (χ4v) is 2.40. The molecule has 1 unspecified atom stereocenters. The third kappa shape index (κ3) is 5.38. The molecule has 0 bridgehead atoms. The van der Waals surface area contributed by atoms with Crippen molar-refractivity contribution >= 4 is 29.1 Å². The summed E-state index contributed by atoms with van der Waals surface area (Å²) in [5.74, 6) is -1.29. The second-order valence-corrected chi connectivity index (χ2v) is 5.76. The van der Waals surface area contributed by atoms with Gasteiger partial charge >= 0.3 is 6.18 Å². The maximum atomic E-state index is 12.7. The second-order valence-electron chi connectivity index (χ2n) is 5.36. The average Bonchev–Trinajstić information content (AvgIpc) is 2.99. The lowest BCUT2D eigenvalue weighted by Gasteiger charge is -2.12. The van der Waals surface area contributed by atoms with Gasteiger partial charge in [0.05, 0.1) is 22.4 Å². The highest BCUT2D eigenvalue weighted by molar-refractivity contribution is 6.33. The van der Waals surface area contributed by atoms with Crippen molar-refractivity contribution in [2.45, 2.75) is 31.5 Å². The van der Waals surface area contributed by atoms with Crippen molar-refractivity contribution in [1.29, 1.82) is 0 Å². The Labute approximate surface area is 141 Å². The largest absolute Gasteiger partial charge is 0.416 e. The van der Waals surface area contributed by atoms with Crippen LogP contribution in [0, 0.1) is 0 Å². The second kappa shape index (κ2) is 7.85. The van der Waals surface area contributed by atoms with E-state index in [0.29, 0.717) is 13.2 Å². The van der Waals surface area contributed by atoms with E-state index in [1.165, 1.54) is 0 Å². The SMILES string of the molecule is O=C(CC(=O)Nc1cc(C(F)(F)F)ccc1Cl)NCC1CCCO1. The lowest BCUT2D eigenvalue weighted by atomic mass is 10.2. The highest BCUT2D eigenvalue weighted by atomic mass is 35.5. The van der Waals surface area contributed by atoms with Gasteiger partial charge in [-0.2, -0.15) is 13.2 Å². The molecule has 1 saturated heterocycles. The highest BCUT2D eigenvalue weighted by Crippen LogP contribution is 2.33. The first-order valence-electron chi connectivity index (χ1n) is 7.30. The zero-order valence-electron chi connectivity index (χ0n) is 12.6. The Morgan fingerprint density at radius 1 is 1.29 bits per heavy atom. The first-order chi connectivity index (χ1) is 11.3. The van der Waals surface area contributed by atoms with Gasteiger partial charge in [0.2, 0.25) is 11.8 Å². The molecule has 1 atom stereocenters. The zero-order chi connectivity index (χ0) is 17.7. The normalized spacial score (nSPS) is 17.6. The number of hydrogen-bond donors (Lipinski definition) is 2. The molecular formula is C15H16ClF3N2O3. The fourth-order valence-electron chi connectivity index (χ4n) is 2.23. The predicted octanol–water partition coefficient (Wildman–Crippen LogP) is 2.98. The molecule has 2 amide bonds. The van der Waals surface area contributed by atoms with Crippen LogP contribution in [0.25, 0.3) is 0 Å². The number of alkyl halides is 3. The van der Waals surface area contributed by atoms with Crippen LogP contribution in [0.5, 0.6) is 0 Å². The van der Waals surface area contributed by atoms with Gasteiger partial charge < -0.3 is 15.4 Å². The Kier molecular flexibility index (Phi) is 6.06. The van der Waals surface area contributed by atoms with E-state index in [0.717, 1.165) is 31.0 Å². The van der Waals surface area contributed by atoms with Crippen LogP contribution in [0.1, 0.15) is 24.8 Å². The van der Waals surface area contributed by atoms with E-state index >= 15 is 0 Å². The molecule has 2 N–H and O–H groups in total. The number of rotatable bonds is 5. The number of ether oxygens (including phenoxy) is 1. The van der Waals surface area contributed by atoms with Crippen LogP contribution in [-0.2, 0) is 20.5 Å². The molecule has 0 aromatic heterocycles. The van der Waals surface area contributed by atoms with E-state index in [1.54, 1.807) is 0 Å². The van der Waals surface area contributed by atoms with Gasteiger partial charge in [0.25, 0.3) is 0 Å². The van der Waals surface area contributed by atoms with E-state index in [-0.39, 0.29) is 16.8 Å². The third-order valence-electron chi connectivity index (χ3n) is 3.44. The Hall–Kier alpha value is -1.80. The molecule has 24 heavy (non-hydrogen) atoms. The van der Waals surface area contributed by atoms with Crippen LogP contribution in [0.15, 0.2) is 18.2 Å². The van der Waals surface area contributed by atoms with E-state index in [4.69, 9.17) is 16.3 Å². The number of anilines is 1. The van der Waals surface area contributed by atoms with Gasteiger partial charge in [0.15, 0.2) is 0 Å². The molecule has 0 aliphatic carbocycles. The smallest absolute Gasteiger partial charge is 0.376 e. The van der Waals surface area contributed by atoms with Crippen molar-refractivity contribution in [3.8, 4) is 0 Å². The van der Waals surface area contributed by atoms with Crippen molar-refractivity contribution in [3.05, 3.63) is 28.8 Å². The standard InChI is InChI=1S/C15H16ClF3N2O3/c16-11-4-3-9(15(17,18)19)6-12(11)21-14(23)7-13(22)20-8-10-2-1-5-24-10/h3-4,6,10H,1-2,5,7-8H2,(H,20,22)(H,21,23). The molecule has 2 rings (SSSR count). The van der Waals surface area contributed by atoms with E-state index < -0.39 is 30.0 Å². The van der Waals surface area contributed by atoms with Crippen molar-refractivity contribution < 1.29 is 27.5 Å². The molecular weight excluding hydrogens is 349 g/mol. The summed E-state index contributed by atoms with van der Waals surface area (Å²) in [7, 11) is 0. The first-order valence-corrected chi connectivity index (χ1v) is 7.68. The molecule has 0 spiro atoms. The van der Waals surface area contributed by atoms with E-state index in [1.807, 2.05) is 0 Å². The zero-order valence-corrected chi connectivity index (χ0v) is 13.3. The van der Waals surface area contributed by atoms with Crippen LogP contribution in [0.4, 0.5) is 18.9 Å². The molecule has 1 aromatic carbocycles. The van der Waals surface area contributed by atoms with Gasteiger partial charge in [-0.05, 0) is 31.0 Å². The number of nitrogens with one attached hydrogen (secondary N) is 2. The molecule has 9 heteroatoms. The number of carbonyl (C=O) groups excluding carboxylic acids is 2. The average molecular weight is 365 g/mol. The third-order valence-corrected chi connectivity index (χ3v) is 3.77. The summed E-state index contributed by atoms with van der Waals surface area (Å²) in [5.41, 5.74) is -1.13. The van der Waals surface area contributed by atoms with Gasteiger partial charge in [-0.15, -0.1) is 0 Å². The molecule has 1 aromatic rings. The minimum Gasteiger partial charge on any atom is -0.376 e. The summed E-state index contributed by atoms with van der Waals surface area (Å²) in [4.78, 5) is 23.5. The van der Waals surface area contributed by atoms with Gasteiger partial charge in [-0.3, -0.25) is 9.59 Å². The number of halogens is 4. The minimum absolute atomic E-state index is 0.0453. The molecule has 1 heterocycles. The molecule has 132 valence electrons. The molecule has 1 aliphatic heterocycles. The number of hydrogen-bond acceptors (Lipinski definition) is 3. The monoisotopic (exact) mass is 364 g/mol. The number of carbonyl (C=O) groups is 2. The van der Waals surface area contributed by atoms with Crippen molar-refractivity contribution in [3.63, 3.8) is 0 Å². The summed E-state index contributed by atoms with van der Waals surface area (Å²) in [6.45, 7) is 0.950. The van der Waals surface area contributed by atoms with Gasteiger partial charge in [0, 0.05) is 13.2 Å².